The molecule has 1 amide bonds. The molecule has 0 aliphatic heterocycles. The fourth-order valence-corrected chi connectivity index (χ4v) is 2.72. The molecule has 2 N–H and O–H groups in total. The van der Waals surface area contributed by atoms with Gasteiger partial charge in [0.1, 0.15) is 0 Å². The molecule has 4 nitrogen and oxygen atoms in total. The summed E-state index contributed by atoms with van der Waals surface area (Å²) < 4.78 is 0. The summed E-state index contributed by atoms with van der Waals surface area (Å²) in [6.07, 6.45) is 4.15. The van der Waals surface area contributed by atoms with E-state index in [4.69, 9.17) is 5.11 Å². The van der Waals surface area contributed by atoms with Crippen molar-refractivity contribution < 1.29 is 14.7 Å². The molecule has 0 saturated heterocycles. The summed E-state index contributed by atoms with van der Waals surface area (Å²) in [7, 11) is 0. The van der Waals surface area contributed by atoms with Crippen LogP contribution in [0.2, 0.25) is 0 Å². The lowest BCUT2D eigenvalue weighted by molar-refractivity contribution is -0.137. The van der Waals surface area contributed by atoms with Crippen molar-refractivity contribution in [2.75, 3.05) is 6.54 Å². The predicted octanol–water partition coefficient (Wildman–Crippen LogP) is 2.48. The van der Waals surface area contributed by atoms with Crippen molar-refractivity contribution in [3.63, 3.8) is 0 Å². The number of aliphatic carboxylic acids is 1. The topological polar surface area (TPSA) is 66.4 Å². The zero-order valence-electron chi connectivity index (χ0n) is 11.6. The summed E-state index contributed by atoms with van der Waals surface area (Å²) in [5.41, 5.74) is 1.38. The zero-order chi connectivity index (χ0) is 14.4. The Balaban J connectivity index is 1.82. The highest BCUT2D eigenvalue weighted by molar-refractivity contribution is 5.76. The van der Waals surface area contributed by atoms with Gasteiger partial charge in [-0.25, -0.2) is 0 Å². The van der Waals surface area contributed by atoms with Crippen LogP contribution in [-0.4, -0.2) is 23.5 Å². The Hall–Kier alpha value is -1.84. The second-order valence-corrected chi connectivity index (χ2v) is 5.52. The minimum Gasteiger partial charge on any atom is -0.481 e. The van der Waals surface area contributed by atoms with E-state index in [-0.39, 0.29) is 24.2 Å². The third kappa shape index (κ3) is 3.59. The van der Waals surface area contributed by atoms with Crippen molar-refractivity contribution in [1.82, 2.24) is 5.32 Å². The van der Waals surface area contributed by atoms with Crippen LogP contribution in [0.15, 0.2) is 30.3 Å². The van der Waals surface area contributed by atoms with E-state index in [1.165, 1.54) is 12.0 Å². The van der Waals surface area contributed by atoms with Gasteiger partial charge in [-0.15, -0.1) is 0 Å². The molecule has 1 aromatic rings. The molecule has 1 saturated carbocycles. The van der Waals surface area contributed by atoms with E-state index < -0.39 is 5.97 Å². The van der Waals surface area contributed by atoms with E-state index >= 15 is 0 Å². The van der Waals surface area contributed by atoms with E-state index in [1.807, 2.05) is 18.2 Å². The monoisotopic (exact) mass is 275 g/mol. The lowest BCUT2D eigenvalue weighted by Crippen LogP contribution is -2.45. The number of hydrogen-bond donors (Lipinski definition) is 2. The smallest absolute Gasteiger partial charge is 0.303 e. The van der Waals surface area contributed by atoms with Crippen LogP contribution in [0.4, 0.5) is 0 Å². The van der Waals surface area contributed by atoms with E-state index in [2.05, 4.69) is 17.4 Å². The van der Waals surface area contributed by atoms with E-state index in [1.54, 1.807) is 0 Å². The molecule has 0 unspecified atom stereocenters. The highest BCUT2D eigenvalue weighted by Crippen LogP contribution is 2.43. The molecular formula is C16H21NO3. The summed E-state index contributed by atoms with van der Waals surface area (Å²) >= 11 is 0. The Morgan fingerprint density at radius 1 is 1.15 bits per heavy atom. The van der Waals surface area contributed by atoms with Crippen LogP contribution in [-0.2, 0) is 15.0 Å². The number of carbonyl (C=O) groups excluding carboxylic acids is 1. The van der Waals surface area contributed by atoms with Crippen LogP contribution >= 0.6 is 0 Å². The second-order valence-electron chi connectivity index (χ2n) is 5.52. The molecule has 0 bridgehead atoms. The maximum atomic E-state index is 11.7. The fourth-order valence-electron chi connectivity index (χ4n) is 2.72. The number of rotatable bonds is 7. The van der Waals surface area contributed by atoms with Gasteiger partial charge in [0, 0.05) is 24.8 Å². The van der Waals surface area contributed by atoms with Crippen molar-refractivity contribution in [1.29, 1.82) is 0 Å². The second kappa shape index (κ2) is 6.55. The van der Waals surface area contributed by atoms with Gasteiger partial charge in [-0.1, -0.05) is 36.8 Å². The molecular weight excluding hydrogens is 254 g/mol. The number of hydrogen-bond acceptors (Lipinski definition) is 2. The molecule has 0 spiro atoms. The largest absolute Gasteiger partial charge is 0.481 e. The van der Waals surface area contributed by atoms with Gasteiger partial charge >= 0.3 is 5.97 Å². The first-order valence-corrected chi connectivity index (χ1v) is 7.16. The number of carboxylic acids is 1. The van der Waals surface area contributed by atoms with Gasteiger partial charge in [-0.05, 0) is 24.8 Å². The summed E-state index contributed by atoms with van der Waals surface area (Å²) in [4.78, 5) is 22.1. The van der Waals surface area contributed by atoms with Crippen molar-refractivity contribution >= 4 is 11.9 Å². The molecule has 20 heavy (non-hydrogen) atoms. The molecule has 1 fully saturated rings. The van der Waals surface area contributed by atoms with Crippen molar-refractivity contribution in [2.45, 2.75) is 43.9 Å². The lowest BCUT2D eigenvalue weighted by atomic mass is 9.64. The Labute approximate surface area is 119 Å². The molecule has 0 aromatic heterocycles. The highest BCUT2D eigenvalue weighted by Gasteiger charge is 2.38. The van der Waals surface area contributed by atoms with Crippen LogP contribution < -0.4 is 5.32 Å². The first-order valence-electron chi connectivity index (χ1n) is 7.16. The predicted molar refractivity (Wildman–Crippen MR) is 76.5 cm³/mol. The Kier molecular flexibility index (Phi) is 4.77. The van der Waals surface area contributed by atoms with Gasteiger partial charge in [0.25, 0.3) is 0 Å². The van der Waals surface area contributed by atoms with Gasteiger partial charge in [0.05, 0.1) is 0 Å². The maximum Gasteiger partial charge on any atom is 0.303 e. The summed E-state index contributed by atoms with van der Waals surface area (Å²) in [5.74, 6) is -0.897. The van der Waals surface area contributed by atoms with Crippen LogP contribution in [0.5, 0.6) is 0 Å². The Morgan fingerprint density at radius 3 is 2.40 bits per heavy atom. The number of amides is 1. The van der Waals surface area contributed by atoms with E-state index in [0.717, 1.165) is 12.8 Å². The van der Waals surface area contributed by atoms with Crippen LogP contribution in [0.25, 0.3) is 0 Å². The Morgan fingerprint density at radius 2 is 1.85 bits per heavy atom. The van der Waals surface area contributed by atoms with Gasteiger partial charge in [-0.3, -0.25) is 9.59 Å². The molecule has 1 aliphatic carbocycles. The van der Waals surface area contributed by atoms with Crippen LogP contribution in [0.1, 0.15) is 44.1 Å². The van der Waals surface area contributed by atoms with Crippen molar-refractivity contribution in [3.8, 4) is 0 Å². The first-order chi connectivity index (χ1) is 9.62. The molecule has 1 aliphatic rings. The third-order valence-corrected chi connectivity index (χ3v) is 4.12. The Bertz CT molecular complexity index is 466. The summed E-state index contributed by atoms with van der Waals surface area (Å²) in [5, 5.41) is 11.5. The number of benzene rings is 1. The van der Waals surface area contributed by atoms with Crippen LogP contribution in [0, 0.1) is 0 Å². The molecule has 1 aromatic carbocycles. The van der Waals surface area contributed by atoms with Crippen LogP contribution in [0.3, 0.4) is 0 Å². The van der Waals surface area contributed by atoms with Gasteiger partial charge in [0.15, 0.2) is 0 Å². The van der Waals surface area contributed by atoms with E-state index in [9.17, 15) is 9.59 Å². The SMILES string of the molecule is O=C(O)CCCC(=O)NCC1(c2ccccc2)CCC1. The maximum absolute atomic E-state index is 11.7. The van der Waals surface area contributed by atoms with Gasteiger partial charge in [-0.2, -0.15) is 0 Å². The normalized spacial score (nSPS) is 16.2. The molecule has 108 valence electrons. The fraction of sp³-hybridized carbons (Fsp3) is 0.500. The number of carboxylic acid groups (broad SMARTS) is 1. The molecule has 4 heteroatoms. The number of nitrogens with one attached hydrogen (secondary N) is 1. The minimum absolute atomic E-state index is 0.0477. The summed E-state index contributed by atoms with van der Waals surface area (Å²) in [6.45, 7) is 0.656. The van der Waals surface area contributed by atoms with Gasteiger partial charge < -0.3 is 10.4 Å². The van der Waals surface area contributed by atoms with Gasteiger partial charge in [0.2, 0.25) is 5.91 Å². The number of carbonyl (C=O) groups is 2. The third-order valence-electron chi connectivity index (χ3n) is 4.12. The molecule has 0 radical (unpaired) electrons. The standard InChI is InChI=1S/C16H21NO3/c18-14(8-4-9-15(19)20)17-12-16(10-5-11-16)13-6-2-1-3-7-13/h1-3,6-7H,4-5,8-12H2,(H,17,18)(H,19,20). The average Bonchev–Trinajstić information content (AvgIpc) is 2.38. The van der Waals surface area contributed by atoms with Crippen molar-refractivity contribution in [3.05, 3.63) is 35.9 Å². The highest BCUT2D eigenvalue weighted by atomic mass is 16.4. The zero-order valence-corrected chi connectivity index (χ0v) is 11.6. The first kappa shape index (κ1) is 14.6. The quantitative estimate of drug-likeness (QED) is 0.803. The van der Waals surface area contributed by atoms with E-state index in [0.29, 0.717) is 13.0 Å². The summed E-state index contributed by atoms with van der Waals surface area (Å²) in [6, 6.07) is 10.3. The molecule has 2 rings (SSSR count). The molecule has 0 heterocycles. The lowest BCUT2D eigenvalue weighted by Gasteiger charge is -2.42. The average molecular weight is 275 g/mol. The minimum atomic E-state index is -0.849. The van der Waals surface area contributed by atoms with Crippen molar-refractivity contribution in [2.24, 2.45) is 0 Å². The molecule has 0 atom stereocenters.